The van der Waals surface area contributed by atoms with Gasteiger partial charge in [-0.05, 0) is 53.9 Å². The second kappa shape index (κ2) is 9.28. The number of aromatic nitrogens is 1. The van der Waals surface area contributed by atoms with E-state index in [9.17, 15) is 9.90 Å². The molecule has 4 rings (SSSR count). The zero-order valence-electron chi connectivity index (χ0n) is 19.7. The number of aliphatic hydroxyl groups excluding tert-OH is 1. The molecule has 2 atom stereocenters. The topological polar surface area (TPSA) is 77.6 Å². The quantitative estimate of drug-likeness (QED) is 0.608. The molecule has 2 aliphatic carbocycles. The maximum Gasteiger partial charge on any atom is 0.228 e. The summed E-state index contributed by atoms with van der Waals surface area (Å²) < 4.78 is 5.41. The van der Waals surface area contributed by atoms with E-state index in [1.165, 1.54) is 11.3 Å². The Morgan fingerprint density at radius 2 is 2.25 bits per heavy atom. The number of nitrogens with one attached hydrogen (secondary N) is 2. The lowest BCUT2D eigenvalue weighted by Crippen LogP contribution is -2.46. The molecule has 0 radical (unpaired) electrons. The van der Waals surface area contributed by atoms with E-state index in [1.54, 1.807) is 0 Å². The van der Waals surface area contributed by atoms with Crippen molar-refractivity contribution in [2.75, 3.05) is 33.4 Å². The Morgan fingerprint density at radius 1 is 1.44 bits per heavy atom. The van der Waals surface area contributed by atoms with Gasteiger partial charge in [0.05, 0.1) is 25.2 Å². The fourth-order valence-corrected chi connectivity index (χ4v) is 5.23. The van der Waals surface area contributed by atoms with Crippen molar-refractivity contribution < 1.29 is 14.6 Å². The van der Waals surface area contributed by atoms with Crippen LogP contribution in [0.5, 0.6) is 0 Å². The van der Waals surface area contributed by atoms with Crippen LogP contribution in [0.1, 0.15) is 56.5 Å². The number of aromatic amines is 1. The molecule has 6 heteroatoms. The minimum Gasteiger partial charge on any atom is -0.395 e. The Bertz CT molecular complexity index is 934. The van der Waals surface area contributed by atoms with Crippen LogP contribution >= 0.6 is 0 Å². The van der Waals surface area contributed by atoms with E-state index >= 15 is 0 Å². The highest BCUT2D eigenvalue weighted by molar-refractivity contribution is 5.81. The first-order chi connectivity index (χ1) is 15.3. The molecule has 2 unspecified atom stereocenters. The number of rotatable bonds is 7. The minimum absolute atomic E-state index is 0.0411. The maximum absolute atomic E-state index is 13.1. The maximum atomic E-state index is 13.1. The average Bonchev–Trinajstić information content (AvgIpc) is 3.45. The largest absolute Gasteiger partial charge is 0.395 e. The molecule has 6 nitrogen and oxygen atoms in total. The number of hydrogen-bond donors (Lipinski definition) is 3. The number of H-pyrrole nitrogens is 1. The van der Waals surface area contributed by atoms with Gasteiger partial charge in [0.2, 0.25) is 5.91 Å². The number of aliphatic hydroxyl groups is 1. The third-order valence-electron chi connectivity index (χ3n) is 7.21. The predicted molar refractivity (Wildman–Crippen MR) is 128 cm³/mol. The Balaban J connectivity index is 1.53. The number of amides is 1. The van der Waals surface area contributed by atoms with Crippen molar-refractivity contribution in [2.45, 2.75) is 52.0 Å². The van der Waals surface area contributed by atoms with Gasteiger partial charge in [-0.15, -0.1) is 0 Å². The minimum atomic E-state index is -0.0993. The van der Waals surface area contributed by atoms with E-state index in [1.807, 2.05) is 11.9 Å². The molecule has 2 heterocycles. The van der Waals surface area contributed by atoms with Crippen molar-refractivity contribution in [2.24, 2.45) is 11.3 Å². The third kappa shape index (κ3) is 4.57. The molecule has 1 aromatic heterocycles. The molecule has 3 N–H and O–H groups in total. The molecule has 3 aliphatic rings. The Kier molecular flexibility index (Phi) is 6.63. The van der Waals surface area contributed by atoms with Crippen LogP contribution in [0, 0.1) is 11.3 Å². The van der Waals surface area contributed by atoms with E-state index in [-0.39, 0.29) is 24.5 Å². The molecule has 0 bridgehead atoms. The van der Waals surface area contributed by atoms with Crippen LogP contribution in [-0.4, -0.2) is 60.4 Å². The zero-order chi connectivity index (χ0) is 22.9. The van der Waals surface area contributed by atoms with Gasteiger partial charge in [-0.3, -0.25) is 4.79 Å². The summed E-state index contributed by atoms with van der Waals surface area (Å²) in [5.74, 6) is -0.0164. The lowest BCUT2D eigenvalue weighted by molar-refractivity contribution is -0.137. The zero-order valence-corrected chi connectivity index (χ0v) is 19.7. The van der Waals surface area contributed by atoms with Crippen molar-refractivity contribution in [3.05, 3.63) is 46.9 Å². The number of fused-ring (bicyclic) bond motifs is 1. The van der Waals surface area contributed by atoms with E-state index < -0.39 is 0 Å². The molecule has 1 amide bonds. The van der Waals surface area contributed by atoms with E-state index in [0.717, 1.165) is 48.2 Å². The molecule has 1 aromatic rings. The van der Waals surface area contributed by atoms with Gasteiger partial charge in [-0.25, -0.2) is 0 Å². The van der Waals surface area contributed by atoms with Crippen LogP contribution in [0.2, 0.25) is 0 Å². The van der Waals surface area contributed by atoms with Crippen LogP contribution in [0.4, 0.5) is 0 Å². The van der Waals surface area contributed by atoms with Crippen molar-refractivity contribution >= 4 is 17.6 Å². The van der Waals surface area contributed by atoms with Crippen LogP contribution < -0.4 is 5.32 Å². The standard InChI is InChI=1S/C26H37N3O3/c1-17(21-7-9-26(2,3)15-24(21)27-4)22-13-18-5-6-20(14-23(18)28-22)29(10-11-30)25(31)19-8-12-32-16-19/h5-6,13,19-20,27-28,30H,1,7-12,14-16H2,2-4H3. The van der Waals surface area contributed by atoms with Crippen molar-refractivity contribution in [3.8, 4) is 0 Å². The number of ether oxygens (including phenoxy) is 1. The van der Waals surface area contributed by atoms with E-state index in [4.69, 9.17) is 4.74 Å². The smallest absolute Gasteiger partial charge is 0.228 e. The summed E-state index contributed by atoms with van der Waals surface area (Å²) in [6.45, 7) is 10.5. The molecule has 32 heavy (non-hydrogen) atoms. The average molecular weight is 440 g/mol. The Morgan fingerprint density at radius 3 is 2.94 bits per heavy atom. The first-order valence-corrected chi connectivity index (χ1v) is 11.8. The number of allylic oxidation sites excluding steroid dienone is 3. The molecule has 0 saturated carbocycles. The van der Waals surface area contributed by atoms with Crippen molar-refractivity contribution in [1.82, 2.24) is 15.2 Å². The SMILES string of the molecule is C=C(C1=C(NC)CC(C)(C)CC1)c1cc2c([nH]1)CC(N(CCO)C(=O)C1CCOC1)C=C2. The number of carbonyl (C=O) groups is 1. The van der Waals surface area contributed by atoms with E-state index in [2.05, 4.69) is 48.9 Å². The van der Waals surface area contributed by atoms with Crippen LogP contribution in [0.3, 0.4) is 0 Å². The van der Waals surface area contributed by atoms with Gasteiger partial charge in [-0.1, -0.05) is 32.6 Å². The lowest BCUT2D eigenvalue weighted by atomic mass is 9.75. The van der Waals surface area contributed by atoms with Gasteiger partial charge in [-0.2, -0.15) is 0 Å². The summed E-state index contributed by atoms with van der Waals surface area (Å²) in [7, 11) is 2.00. The predicted octanol–water partition coefficient (Wildman–Crippen LogP) is 3.51. The number of hydrogen-bond acceptors (Lipinski definition) is 4. The Hall–Kier alpha value is -2.31. The van der Waals surface area contributed by atoms with Gasteiger partial charge in [0.25, 0.3) is 0 Å². The van der Waals surface area contributed by atoms with Crippen LogP contribution in [-0.2, 0) is 16.0 Å². The van der Waals surface area contributed by atoms with Crippen molar-refractivity contribution in [1.29, 1.82) is 0 Å². The summed E-state index contributed by atoms with van der Waals surface area (Å²) >= 11 is 0. The first kappa shape index (κ1) is 22.9. The summed E-state index contributed by atoms with van der Waals surface area (Å²) in [5.41, 5.74) is 7.27. The monoisotopic (exact) mass is 439 g/mol. The van der Waals surface area contributed by atoms with Crippen LogP contribution in [0.15, 0.2) is 30.0 Å². The Labute approximate surface area is 191 Å². The highest BCUT2D eigenvalue weighted by atomic mass is 16.5. The fourth-order valence-electron chi connectivity index (χ4n) is 5.23. The summed E-state index contributed by atoms with van der Waals surface area (Å²) in [4.78, 5) is 18.5. The summed E-state index contributed by atoms with van der Waals surface area (Å²) in [6.07, 6.45) is 8.86. The highest BCUT2D eigenvalue weighted by Gasteiger charge is 2.33. The van der Waals surface area contributed by atoms with E-state index in [0.29, 0.717) is 31.6 Å². The molecule has 1 saturated heterocycles. The van der Waals surface area contributed by atoms with Crippen LogP contribution in [0.25, 0.3) is 11.6 Å². The summed E-state index contributed by atoms with van der Waals surface area (Å²) in [6, 6.07) is 2.11. The molecular weight excluding hydrogens is 402 g/mol. The second-order valence-corrected chi connectivity index (χ2v) is 10.1. The second-order valence-electron chi connectivity index (χ2n) is 10.1. The summed E-state index contributed by atoms with van der Waals surface area (Å²) in [5, 5.41) is 13.0. The lowest BCUT2D eigenvalue weighted by Gasteiger charge is -2.33. The fraction of sp³-hybridized carbons (Fsp3) is 0.577. The molecule has 174 valence electrons. The van der Waals surface area contributed by atoms with Gasteiger partial charge in [0.1, 0.15) is 0 Å². The molecular formula is C26H37N3O3. The molecule has 1 fully saturated rings. The number of carbonyl (C=O) groups excluding carboxylic acids is 1. The van der Waals surface area contributed by atoms with Crippen molar-refractivity contribution in [3.63, 3.8) is 0 Å². The number of nitrogens with zero attached hydrogens (tertiary/aromatic N) is 1. The third-order valence-corrected chi connectivity index (χ3v) is 7.21. The molecule has 0 aromatic carbocycles. The van der Waals surface area contributed by atoms with Gasteiger partial charge < -0.3 is 25.0 Å². The highest BCUT2D eigenvalue weighted by Crippen LogP contribution is 2.42. The normalized spacial score (nSPS) is 24.4. The first-order valence-electron chi connectivity index (χ1n) is 11.8. The van der Waals surface area contributed by atoms with Gasteiger partial charge in [0.15, 0.2) is 0 Å². The molecule has 1 aliphatic heterocycles. The van der Waals surface area contributed by atoms with Gasteiger partial charge >= 0.3 is 0 Å². The molecule has 0 spiro atoms. The van der Waals surface area contributed by atoms with Gasteiger partial charge in [0, 0.05) is 43.7 Å².